The maximum atomic E-state index is 12.4. The van der Waals surface area contributed by atoms with E-state index in [1.165, 1.54) is 36.7 Å². The molecule has 28 heavy (non-hydrogen) atoms. The molecule has 0 aromatic heterocycles. The second-order valence-corrected chi connectivity index (χ2v) is 5.35. The van der Waals surface area contributed by atoms with Crippen LogP contribution in [0.25, 0.3) is 0 Å². The van der Waals surface area contributed by atoms with E-state index < -0.39 is 23.5 Å². The van der Waals surface area contributed by atoms with Crippen molar-refractivity contribution in [1.29, 1.82) is 5.41 Å². The number of hydrogen-bond acceptors (Lipinski definition) is 3. The first-order valence-electron chi connectivity index (χ1n) is 7.57. The van der Waals surface area contributed by atoms with Gasteiger partial charge in [0.25, 0.3) is 0 Å². The molecular weight excluding hydrogens is 388 g/mol. The summed E-state index contributed by atoms with van der Waals surface area (Å²) in [6, 6.07) is 8.47. The average Bonchev–Trinajstić information content (AvgIpc) is 2.61. The predicted molar refractivity (Wildman–Crippen MR) is 92.1 cm³/mol. The van der Waals surface area contributed by atoms with Crippen LogP contribution in [0.15, 0.2) is 58.7 Å². The van der Waals surface area contributed by atoms with Crippen molar-refractivity contribution < 1.29 is 26.3 Å². The van der Waals surface area contributed by atoms with Crippen LogP contribution in [0.3, 0.4) is 0 Å². The fraction of sp³-hybridized carbons (Fsp3) is 0.118. The van der Waals surface area contributed by atoms with E-state index in [2.05, 4.69) is 21.1 Å². The van der Waals surface area contributed by atoms with Crippen LogP contribution >= 0.6 is 0 Å². The molecule has 3 N–H and O–H groups in total. The van der Waals surface area contributed by atoms with Crippen LogP contribution in [0.4, 0.5) is 26.3 Å². The van der Waals surface area contributed by atoms with E-state index in [1.807, 2.05) is 0 Å². The lowest BCUT2D eigenvalue weighted by molar-refractivity contribution is -0.138. The number of alkyl halides is 6. The van der Waals surface area contributed by atoms with Gasteiger partial charge in [0.2, 0.25) is 5.96 Å². The zero-order valence-corrected chi connectivity index (χ0v) is 13.9. The first-order chi connectivity index (χ1) is 13.1. The van der Waals surface area contributed by atoms with Gasteiger partial charge in [0, 0.05) is 0 Å². The van der Waals surface area contributed by atoms with Gasteiger partial charge in [-0.25, -0.2) is 10.9 Å². The van der Waals surface area contributed by atoms with Crippen LogP contribution in [-0.2, 0) is 12.4 Å². The van der Waals surface area contributed by atoms with Gasteiger partial charge < -0.3 is 0 Å². The molecule has 0 radical (unpaired) electrons. The molecule has 148 valence electrons. The molecule has 0 aliphatic carbocycles. The Balaban J connectivity index is 1.82. The van der Waals surface area contributed by atoms with E-state index >= 15 is 0 Å². The Labute approximate surface area is 155 Å². The monoisotopic (exact) mass is 401 g/mol. The molecule has 2 aromatic rings. The summed E-state index contributed by atoms with van der Waals surface area (Å²) >= 11 is 0. The van der Waals surface area contributed by atoms with Crippen molar-refractivity contribution in [3.05, 3.63) is 70.8 Å². The summed E-state index contributed by atoms with van der Waals surface area (Å²) in [6.07, 6.45) is -6.44. The van der Waals surface area contributed by atoms with Gasteiger partial charge >= 0.3 is 12.4 Å². The molecule has 0 aliphatic heterocycles. The molecule has 0 atom stereocenters. The highest BCUT2D eigenvalue weighted by Gasteiger charge is 2.30. The normalized spacial score (nSPS) is 12.5. The van der Waals surface area contributed by atoms with Crippen LogP contribution in [0.1, 0.15) is 22.3 Å². The highest BCUT2D eigenvalue weighted by molar-refractivity contribution is 5.84. The predicted octanol–water partition coefficient (Wildman–Crippen LogP) is 4.21. The Morgan fingerprint density at radius 3 is 1.29 bits per heavy atom. The van der Waals surface area contributed by atoms with Gasteiger partial charge in [-0.15, -0.1) is 0 Å². The zero-order chi connectivity index (χ0) is 20.8. The second kappa shape index (κ2) is 8.55. The lowest BCUT2D eigenvalue weighted by Crippen LogP contribution is -2.29. The van der Waals surface area contributed by atoms with Gasteiger partial charge in [0.05, 0.1) is 23.6 Å². The molecule has 5 nitrogen and oxygen atoms in total. The number of nitrogens with zero attached hydrogens (tertiary/aromatic N) is 2. The number of halogens is 6. The molecule has 0 saturated heterocycles. The lowest BCUT2D eigenvalue weighted by Gasteiger charge is -2.06. The molecule has 11 heteroatoms. The van der Waals surface area contributed by atoms with Crippen LogP contribution in [-0.4, -0.2) is 18.4 Å². The third-order valence-electron chi connectivity index (χ3n) is 3.26. The van der Waals surface area contributed by atoms with Crippen molar-refractivity contribution in [3.63, 3.8) is 0 Å². The quantitative estimate of drug-likeness (QED) is 0.311. The molecule has 0 unspecified atom stereocenters. The first kappa shape index (κ1) is 20.9. The number of hydrogen-bond donors (Lipinski definition) is 3. The summed E-state index contributed by atoms with van der Waals surface area (Å²) in [6.45, 7) is 0. The fourth-order valence-electron chi connectivity index (χ4n) is 1.88. The summed E-state index contributed by atoms with van der Waals surface area (Å²) in [5, 5.41) is 14.8. The number of rotatable bonds is 4. The third kappa shape index (κ3) is 6.41. The molecule has 0 fully saturated rings. The van der Waals surface area contributed by atoms with Gasteiger partial charge in [-0.05, 0) is 35.4 Å². The van der Waals surface area contributed by atoms with Crippen molar-refractivity contribution in [2.75, 3.05) is 0 Å². The van der Waals surface area contributed by atoms with Crippen LogP contribution in [0.5, 0.6) is 0 Å². The molecule has 2 rings (SSSR count). The van der Waals surface area contributed by atoms with E-state index in [0.717, 1.165) is 24.3 Å². The highest BCUT2D eigenvalue weighted by Crippen LogP contribution is 2.29. The SMILES string of the molecule is N=C(NN=Cc1ccc(C(F)(F)F)cc1)NN=Cc1ccc(C(F)(F)F)cc1. The minimum atomic E-state index is -4.43. The number of hydrazone groups is 2. The van der Waals surface area contributed by atoms with Gasteiger partial charge in [-0.1, -0.05) is 24.3 Å². The van der Waals surface area contributed by atoms with Crippen molar-refractivity contribution in [1.82, 2.24) is 10.9 Å². The summed E-state index contributed by atoms with van der Waals surface area (Å²) < 4.78 is 74.7. The minimum absolute atomic E-state index is 0.355. The van der Waals surface area contributed by atoms with Gasteiger partial charge in [-0.3, -0.25) is 5.41 Å². The van der Waals surface area contributed by atoms with E-state index in [0.29, 0.717) is 11.1 Å². The van der Waals surface area contributed by atoms with E-state index in [-0.39, 0.29) is 5.96 Å². The molecular formula is C17H13F6N5. The molecule has 0 heterocycles. The summed E-state index contributed by atoms with van der Waals surface area (Å²) in [4.78, 5) is 0. The maximum Gasteiger partial charge on any atom is 0.416 e. The first-order valence-corrected chi connectivity index (χ1v) is 7.57. The molecule has 0 aliphatic rings. The number of guanidine groups is 1. The highest BCUT2D eigenvalue weighted by atomic mass is 19.4. The van der Waals surface area contributed by atoms with Crippen molar-refractivity contribution >= 4 is 18.4 Å². The van der Waals surface area contributed by atoms with E-state index in [4.69, 9.17) is 5.41 Å². The van der Waals surface area contributed by atoms with Crippen LogP contribution < -0.4 is 10.9 Å². The average molecular weight is 401 g/mol. The molecule has 0 spiro atoms. The Morgan fingerprint density at radius 2 is 1.00 bits per heavy atom. The lowest BCUT2D eigenvalue weighted by atomic mass is 10.1. The van der Waals surface area contributed by atoms with E-state index in [1.54, 1.807) is 0 Å². The molecule has 0 saturated carbocycles. The van der Waals surface area contributed by atoms with Crippen molar-refractivity contribution in [2.24, 2.45) is 10.2 Å². The fourth-order valence-corrected chi connectivity index (χ4v) is 1.88. The van der Waals surface area contributed by atoms with E-state index in [9.17, 15) is 26.3 Å². The Kier molecular flexibility index (Phi) is 6.39. The standard InChI is InChI=1S/C17H13F6N5/c18-16(19,20)13-5-1-11(2-6-13)9-25-27-15(24)28-26-10-12-3-7-14(8-4-12)17(21,22)23/h1-10H,(H3,24,27,28). The Hall–Kier alpha value is -3.37. The van der Waals surface area contributed by atoms with Crippen LogP contribution in [0.2, 0.25) is 0 Å². The van der Waals surface area contributed by atoms with Gasteiger partial charge in [0.15, 0.2) is 0 Å². The Bertz CT molecular complexity index is 780. The summed E-state index contributed by atoms with van der Waals surface area (Å²) in [7, 11) is 0. The van der Waals surface area contributed by atoms with Crippen molar-refractivity contribution in [2.45, 2.75) is 12.4 Å². The maximum absolute atomic E-state index is 12.4. The number of benzene rings is 2. The third-order valence-corrected chi connectivity index (χ3v) is 3.26. The summed E-state index contributed by atoms with van der Waals surface area (Å²) in [5.74, 6) is -0.355. The Morgan fingerprint density at radius 1 is 0.679 bits per heavy atom. The smallest absolute Gasteiger partial charge is 0.266 e. The van der Waals surface area contributed by atoms with Crippen LogP contribution in [0, 0.1) is 5.41 Å². The van der Waals surface area contributed by atoms with Gasteiger partial charge in [-0.2, -0.15) is 36.5 Å². The molecule has 0 bridgehead atoms. The van der Waals surface area contributed by atoms with Crippen molar-refractivity contribution in [3.8, 4) is 0 Å². The molecule has 0 amide bonds. The van der Waals surface area contributed by atoms with Gasteiger partial charge in [0.1, 0.15) is 0 Å². The second-order valence-electron chi connectivity index (χ2n) is 5.35. The zero-order valence-electron chi connectivity index (χ0n) is 13.9. The minimum Gasteiger partial charge on any atom is -0.266 e. The summed E-state index contributed by atoms with van der Waals surface area (Å²) in [5.41, 5.74) is 3.67. The largest absolute Gasteiger partial charge is 0.416 e. The topological polar surface area (TPSA) is 72.6 Å². The number of nitrogens with one attached hydrogen (secondary N) is 3. The molecule has 2 aromatic carbocycles.